The fourth-order valence-electron chi connectivity index (χ4n) is 2.00. The zero-order valence-corrected chi connectivity index (χ0v) is 11.5. The maximum atomic E-state index is 9.03. The summed E-state index contributed by atoms with van der Waals surface area (Å²) in [5.74, 6) is 2.48. The van der Waals surface area contributed by atoms with Crippen molar-refractivity contribution in [3.05, 3.63) is 11.4 Å². The molecule has 0 spiro atoms. The van der Waals surface area contributed by atoms with Crippen LogP contribution in [0.4, 0.5) is 11.6 Å². The van der Waals surface area contributed by atoms with Gasteiger partial charge in [-0.3, -0.25) is 0 Å². The summed E-state index contributed by atoms with van der Waals surface area (Å²) in [4.78, 5) is 8.48. The van der Waals surface area contributed by atoms with Gasteiger partial charge in [-0.05, 0) is 32.6 Å². The number of anilines is 2. The van der Waals surface area contributed by atoms with Gasteiger partial charge in [-0.25, -0.2) is 9.97 Å². The van der Waals surface area contributed by atoms with Crippen LogP contribution in [0.3, 0.4) is 0 Å². The molecule has 0 saturated carbocycles. The van der Waals surface area contributed by atoms with E-state index in [2.05, 4.69) is 22.2 Å². The minimum absolute atomic E-state index is 0.232. The smallest absolute Gasteiger partial charge is 0.134 e. The van der Waals surface area contributed by atoms with Crippen LogP contribution in [0.25, 0.3) is 0 Å². The first kappa shape index (κ1) is 14.7. The van der Waals surface area contributed by atoms with Crippen molar-refractivity contribution in [3.8, 4) is 0 Å². The minimum atomic E-state index is 0.232. The van der Waals surface area contributed by atoms with Crippen molar-refractivity contribution in [1.29, 1.82) is 0 Å². The molecular weight excluding hydrogens is 228 g/mol. The Labute approximate surface area is 109 Å². The van der Waals surface area contributed by atoms with Gasteiger partial charge >= 0.3 is 0 Å². The summed E-state index contributed by atoms with van der Waals surface area (Å²) < 4.78 is 0. The topological polar surface area (TPSA) is 84.1 Å². The first-order chi connectivity index (χ1) is 8.58. The second-order valence-electron chi connectivity index (χ2n) is 4.68. The van der Waals surface area contributed by atoms with Crippen LogP contribution < -0.4 is 11.1 Å². The van der Waals surface area contributed by atoms with E-state index in [9.17, 15) is 0 Å². The number of nitrogens with two attached hydrogens (primary N) is 1. The Hall–Kier alpha value is -1.36. The molecule has 5 nitrogen and oxygen atoms in total. The van der Waals surface area contributed by atoms with Gasteiger partial charge in [0.15, 0.2) is 0 Å². The Morgan fingerprint density at radius 2 is 2.00 bits per heavy atom. The summed E-state index contributed by atoms with van der Waals surface area (Å²) in [6.07, 6.45) is 3.04. The molecule has 18 heavy (non-hydrogen) atoms. The molecule has 0 radical (unpaired) electrons. The number of nitrogens with one attached hydrogen (secondary N) is 1. The molecule has 1 unspecified atom stereocenters. The van der Waals surface area contributed by atoms with Gasteiger partial charge in [-0.1, -0.05) is 13.3 Å². The van der Waals surface area contributed by atoms with Gasteiger partial charge in [0.05, 0.1) is 0 Å². The Morgan fingerprint density at radius 3 is 2.61 bits per heavy atom. The van der Waals surface area contributed by atoms with E-state index in [1.54, 1.807) is 0 Å². The van der Waals surface area contributed by atoms with E-state index in [1.165, 1.54) is 0 Å². The Morgan fingerprint density at radius 1 is 1.28 bits per heavy atom. The summed E-state index contributed by atoms with van der Waals surface area (Å²) in [5, 5.41) is 12.4. The number of nitrogen functional groups attached to an aromatic ring is 1. The molecule has 0 amide bonds. The van der Waals surface area contributed by atoms with Crippen molar-refractivity contribution in [1.82, 2.24) is 9.97 Å². The Bertz CT molecular complexity index is 375. The summed E-state index contributed by atoms with van der Waals surface area (Å²) in [6.45, 7) is 6.94. The van der Waals surface area contributed by atoms with Gasteiger partial charge in [0.25, 0.3) is 0 Å². The van der Waals surface area contributed by atoms with Crippen LogP contribution in [0.1, 0.15) is 37.6 Å². The molecule has 102 valence electrons. The molecule has 0 aliphatic carbocycles. The first-order valence-corrected chi connectivity index (χ1v) is 6.53. The van der Waals surface area contributed by atoms with Crippen molar-refractivity contribution in [2.75, 3.05) is 24.2 Å². The number of rotatable bonds is 7. The van der Waals surface area contributed by atoms with Crippen molar-refractivity contribution in [3.63, 3.8) is 0 Å². The highest BCUT2D eigenvalue weighted by Gasteiger charge is 2.10. The maximum absolute atomic E-state index is 9.03. The minimum Gasteiger partial charge on any atom is -0.396 e. The first-order valence-electron chi connectivity index (χ1n) is 6.53. The SMILES string of the molecule is CCCC(CCO)CNc1nc(C)nc(N)c1C. The number of aromatic nitrogens is 2. The third kappa shape index (κ3) is 4.14. The molecular formula is C13H24N4O. The standard InChI is InChI=1S/C13H24N4O/c1-4-5-11(6-7-18)8-15-13-9(2)12(14)16-10(3)17-13/h11,18H,4-8H2,1-3H3,(H3,14,15,16,17). The van der Waals surface area contributed by atoms with Gasteiger partial charge in [0, 0.05) is 18.7 Å². The Kier molecular flexibility index (Phi) is 5.85. The monoisotopic (exact) mass is 252 g/mol. The van der Waals surface area contributed by atoms with Gasteiger partial charge in [0.1, 0.15) is 17.5 Å². The molecule has 0 aliphatic heterocycles. The summed E-state index contributed by atoms with van der Waals surface area (Å²) in [7, 11) is 0. The number of hydrogen-bond acceptors (Lipinski definition) is 5. The van der Waals surface area contributed by atoms with Crippen LogP contribution in [0.2, 0.25) is 0 Å². The Balaban J connectivity index is 2.66. The maximum Gasteiger partial charge on any atom is 0.134 e. The van der Waals surface area contributed by atoms with Crippen molar-refractivity contribution < 1.29 is 5.11 Å². The van der Waals surface area contributed by atoms with E-state index < -0.39 is 0 Å². The van der Waals surface area contributed by atoms with Gasteiger partial charge < -0.3 is 16.2 Å². The molecule has 4 N–H and O–H groups in total. The normalized spacial score (nSPS) is 12.4. The summed E-state index contributed by atoms with van der Waals surface area (Å²) >= 11 is 0. The van der Waals surface area contributed by atoms with Crippen molar-refractivity contribution in [2.24, 2.45) is 5.92 Å². The van der Waals surface area contributed by atoms with Crippen LogP contribution in [0, 0.1) is 19.8 Å². The number of aliphatic hydroxyl groups is 1. The van der Waals surface area contributed by atoms with Gasteiger partial charge in [-0.2, -0.15) is 0 Å². The number of hydrogen-bond donors (Lipinski definition) is 3. The lowest BCUT2D eigenvalue weighted by Gasteiger charge is -2.17. The van der Waals surface area contributed by atoms with E-state index in [0.29, 0.717) is 17.6 Å². The van der Waals surface area contributed by atoms with Crippen molar-refractivity contribution in [2.45, 2.75) is 40.0 Å². The number of aryl methyl sites for hydroxylation is 1. The van der Waals surface area contributed by atoms with E-state index in [1.807, 2.05) is 13.8 Å². The molecule has 1 rings (SSSR count). The van der Waals surface area contributed by atoms with E-state index in [4.69, 9.17) is 10.8 Å². The molecule has 1 aromatic rings. The molecule has 0 aliphatic rings. The molecule has 5 heteroatoms. The van der Waals surface area contributed by atoms with E-state index in [-0.39, 0.29) is 6.61 Å². The fraction of sp³-hybridized carbons (Fsp3) is 0.692. The predicted octanol–water partition coefficient (Wildman–Crippen LogP) is 1.89. The quantitative estimate of drug-likeness (QED) is 0.690. The average molecular weight is 252 g/mol. The lowest BCUT2D eigenvalue weighted by molar-refractivity contribution is 0.255. The molecule has 0 fully saturated rings. The third-order valence-electron chi connectivity index (χ3n) is 3.09. The second-order valence-corrected chi connectivity index (χ2v) is 4.68. The highest BCUT2D eigenvalue weighted by molar-refractivity contribution is 5.54. The molecule has 0 bridgehead atoms. The van der Waals surface area contributed by atoms with E-state index >= 15 is 0 Å². The molecule has 0 saturated heterocycles. The third-order valence-corrected chi connectivity index (χ3v) is 3.09. The van der Waals surface area contributed by atoms with Crippen LogP contribution in [-0.4, -0.2) is 28.2 Å². The average Bonchev–Trinajstić information content (AvgIpc) is 2.32. The highest BCUT2D eigenvalue weighted by atomic mass is 16.3. The largest absolute Gasteiger partial charge is 0.396 e. The van der Waals surface area contributed by atoms with Crippen molar-refractivity contribution >= 4 is 11.6 Å². The van der Waals surface area contributed by atoms with Crippen LogP contribution >= 0.6 is 0 Å². The summed E-state index contributed by atoms with van der Waals surface area (Å²) in [6, 6.07) is 0. The van der Waals surface area contributed by atoms with Gasteiger partial charge in [0.2, 0.25) is 0 Å². The number of aliphatic hydroxyl groups excluding tert-OH is 1. The highest BCUT2D eigenvalue weighted by Crippen LogP contribution is 2.18. The zero-order valence-electron chi connectivity index (χ0n) is 11.5. The van der Waals surface area contributed by atoms with Crippen LogP contribution in [0.15, 0.2) is 0 Å². The lowest BCUT2D eigenvalue weighted by Crippen LogP contribution is -2.18. The van der Waals surface area contributed by atoms with Crippen LogP contribution in [0.5, 0.6) is 0 Å². The molecule has 1 aromatic heterocycles. The predicted molar refractivity (Wildman–Crippen MR) is 74.5 cm³/mol. The van der Waals surface area contributed by atoms with Crippen LogP contribution in [-0.2, 0) is 0 Å². The second kappa shape index (κ2) is 7.16. The fourth-order valence-corrected chi connectivity index (χ4v) is 2.00. The summed E-state index contributed by atoms with van der Waals surface area (Å²) in [5.41, 5.74) is 6.70. The zero-order chi connectivity index (χ0) is 13.5. The molecule has 1 heterocycles. The van der Waals surface area contributed by atoms with E-state index in [0.717, 1.165) is 37.2 Å². The van der Waals surface area contributed by atoms with Gasteiger partial charge in [-0.15, -0.1) is 0 Å². The molecule has 1 atom stereocenters. The molecule has 0 aromatic carbocycles. The lowest BCUT2D eigenvalue weighted by atomic mass is 10.0. The number of nitrogens with zero attached hydrogens (tertiary/aromatic N) is 2.